The third-order valence-corrected chi connectivity index (χ3v) is 2.87. The summed E-state index contributed by atoms with van der Waals surface area (Å²) in [7, 11) is 0. The van der Waals surface area contributed by atoms with Gasteiger partial charge in [-0.15, -0.1) is 0 Å². The van der Waals surface area contributed by atoms with E-state index in [1.165, 1.54) is 0 Å². The van der Waals surface area contributed by atoms with E-state index in [2.05, 4.69) is 0 Å². The van der Waals surface area contributed by atoms with E-state index in [0.29, 0.717) is 6.04 Å². The van der Waals surface area contributed by atoms with E-state index in [0.717, 1.165) is 19.3 Å². The first-order chi connectivity index (χ1) is 4.64. The average molecular weight is 140 g/mol. The highest BCUT2D eigenvalue weighted by molar-refractivity contribution is 5.81. The van der Waals surface area contributed by atoms with Crippen LogP contribution in [0.4, 0.5) is 0 Å². The van der Waals surface area contributed by atoms with Gasteiger partial charge in [0.2, 0.25) is 5.91 Å². The Kier molecular flexibility index (Phi) is 0.944. The molecular weight excluding hydrogens is 128 g/mol. The number of carbonyl (C=O) groups is 1. The Hall–Kier alpha value is -0.570. The Morgan fingerprint density at radius 1 is 1.40 bits per heavy atom. The van der Waals surface area contributed by atoms with Crippen LogP contribution in [0.25, 0.3) is 0 Å². The van der Waals surface area contributed by atoms with Crippen LogP contribution >= 0.6 is 0 Å². The molecule has 2 fully saturated rings. The van der Waals surface area contributed by atoms with Gasteiger partial charge in [0.15, 0.2) is 0 Å². The fraction of sp³-hybridized carbons (Fsp3) is 0.857. The molecule has 0 saturated heterocycles. The van der Waals surface area contributed by atoms with Crippen LogP contribution in [0.15, 0.2) is 0 Å². The Labute approximate surface area is 59.8 Å². The van der Waals surface area contributed by atoms with Crippen molar-refractivity contribution in [3.8, 4) is 0 Å². The summed E-state index contributed by atoms with van der Waals surface area (Å²) < 4.78 is 0. The number of nitrogens with two attached hydrogens (primary N) is 2. The predicted molar refractivity (Wildman–Crippen MR) is 36.9 cm³/mol. The summed E-state index contributed by atoms with van der Waals surface area (Å²) in [6, 6.07) is 0.337. The summed E-state index contributed by atoms with van der Waals surface area (Å²) in [5, 5.41) is 0. The molecule has 1 spiro atoms. The lowest BCUT2D eigenvalue weighted by Crippen LogP contribution is -2.40. The molecule has 2 aliphatic carbocycles. The zero-order chi connectivity index (χ0) is 7.35. The molecule has 0 aromatic heterocycles. The molecule has 1 unspecified atom stereocenters. The molecule has 56 valence electrons. The molecule has 0 aliphatic heterocycles. The van der Waals surface area contributed by atoms with E-state index < -0.39 is 0 Å². The van der Waals surface area contributed by atoms with Gasteiger partial charge < -0.3 is 11.5 Å². The molecule has 10 heavy (non-hydrogen) atoms. The van der Waals surface area contributed by atoms with E-state index in [-0.39, 0.29) is 17.2 Å². The predicted octanol–water partition coefficient (Wildman–Crippen LogP) is -0.401. The first-order valence-corrected chi connectivity index (χ1v) is 3.69. The topological polar surface area (TPSA) is 69.1 Å². The quantitative estimate of drug-likeness (QED) is 0.520. The van der Waals surface area contributed by atoms with Crippen LogP contribution in [0.5, 0.6) is 0 Å². The summed E-state index contributed by atoms with van der Waals surface area (Å²) in [5.41, 5.74) is 11.0. The second kappa shape index (κ2) is 1.53. The molecule has 1 amide bonds. The van der Waals surface area contributed by atoms with Crippen molar-refractivity contribution >= 4 is 5.91 Å². The van der Waals surface area contributed by atoms with Crippen molar-refractivity contribution in [2.75, 3.05) is 0 Å². The summed E-state index contributed by atoms with van der Waals surface area (Å²) in [6.45, 7) is 0. The van der Waals surface area contributed by atoms with Crippen molar-refractivity contribution in [3.05, 3.63) is 0 Å². The van der Waals surface area contributed by atoms with Gasteiger partial charge in [-0.2, -0.15) is 0 Å². The Bertz CT molecular complexity index is 184. The fourth-order valence-electron chi connectivity index (χ4n) is 2.19. The van der Waals surface area contributed by atoms with E-state index in [1.54, 1.807) is 0 Å². The van der Waals surface area contributed by atoms with Crippen LogP contribution < -0.4 is 11.5 Å². The second-order valence-electron chi connectivity index (χ2n) is 3.69. The van der Waals surface area contributed by atoms with Crippen LogP contribution in [0, 0.1) is 11.3 Å². The number of carbonyl (C=O) groups excluding carboxylic acids is 1. The lowest BCUT2D eigenvalue weighted by atomic mass is 9.75. The van der Waals surface area contributed by atoms with E-state index in [4.69, 9.17) is 11.5 Å². The summed E-state index contributed by atoms with van der Waals surface area (Å²) in [5.74, 6) is 0.0270. The largest absolute Gasteiger partial charge is 0.369 e. The van der Waals surface area contributed by atoms with Crippen LogP contribution in [0.1, 0.15) is 19.3 Å². The molecule has 0 radical (unpaired) electrons. The van der Waals surface area contributed by atoms with Gasteiger partial charge in [0.1, 0.15) is 0 Å². The van der Waals surface area contributed by atoms with Crippen molar-refractivity contribution in [2.45, 2.75) is 25.3 Å². The summed E-state index contributed by atoms with van der Waals surface area (Å²) >= 11 is 0. The van der Waals surface area contributed by atoms with Gasteiger partial charge in [-0.05, 0) is 24.7 Å². The fourth-order valence-corrected chi connectivity index (χ4v) is 2.19. The van der Waals surface area contributed by atoms with Crippen molar-refractivity contribution in [3.63, 3.8) is 0 Å². The monoisotopic (exact) mass is 140 g/mol. The molecule has 3 nitrogen and oxygen atoms in total. The van der Waals surface area contributed by atoms with Gasteiger partial charge in [-0.3, -0.25) is 4.79 Å². The maximum absolute atomic E-state index is 10.7. The van der Waals surface area contributed by atoms with Crippen LogP contribution in [-0.4, -0.2) is 11.9 Å². The SMILES string of the molecule is NC(=O)C1CC12CC(N)C2. The van der Waals surface area contributed by atoms with Gasteiger partial charge >= 0.3 is 0 Å². The third-order valence-electron chi connectivity index (χ3n) is 2.87. The average Bonchev–Trinajstić information content (AvgIpc) is 2.40. The molecule has 4 N–H and O–H groups in total. The minimum Gasteiger partial charge on any atom is -0.369 e. The Morgan fingerprint density at radius 2 is 2.00 bits per heavy atom. The van der Waals surface area contributed by atoms with Crippen LogP contribution in [-0.2, 0) is 4.79 Å². The van der Waals surface area contributed by atoms with Gasteiger partial charge in [-0.1, -0.05) is 0 Å². The Balaban J connectivity index is 1.96. The van der Waals surface area contributed by atoms with Crippen LogP contribution in [0.3, 0.4) is 0 Å². The zero-order valence-corrected chi connectivity index (χ0v) is 5.84. The molecule has 1 atom stereocenters. The van der Waals surface area contributed by atoms with E-state index in [1.807, 2.05) is 0 Å². The lowest BCUT2D eigenvalue weighted by molar-refractivity contribution is -0.120. The molecule has 0 aromatic carbocycles. The van der Waals surface area contributed by atoms with E-state index >= 15 is 0 Å². The maximum Gasteiger partial charge on any atom is 0.221 e. The Morgan fingerprint density at radius 3 is 2.30 bits per heavy atom. The molecule has 0 aromatic rings. The van der Waals surface area contributed by atoms with Gasteiger partial charge in [0.05, 0.1) is 0 Å². The number of amides is 1. The molecule has 2 rings (SSSR count). The van der Waals surface area contributed by atoms with Gasteiger partial charge in [-0.25, -0.2) is 0 Å². The standard InChI is InChI=1S/C7H12N2O/c8-4-1-7(2-4)3-5(7)6(9)10/h4-5H,1-3,8H2,(H2,9,10). The van der Waals surface area contributed by atoms with Crippen molar-refractivity contribution in [2.24, 2.45) is 22.8 Å². The minimum absolute atomic E-state index is 0.132. The molecule has 0 heterocycles. The number of hydrogen-bond donors (Lipinski definition) is 2. The first kappa shape index (κ1) is 6.16. The van der Waals surface area contributed by atoms with Gasteiger partial charge in [0, 0.05) is 12.0 Å². The number of rotatable bonds is 1. The number of primary amides is 1. The molecule has 2 saturated carbocycles. The molecule has 3 heteroatoms. The molecular formula is C7H12N2O. The van der Waals surface area contributed by atoms with Crippen molar-refractivity contribution in [1.82, 2.24) is 0 Å². The minimum atomic E-state index is -0.132. The lowest BCUT2D eigenvalue weighted by Gasteiger charge is -2.33. The smallest absolute Gasteiger partial charge is 0.221 e. The first-order valence-electron chi connectivity index (χ1n) is 3.69. The second-order valence-corrected chi connectivity index (χ2v) is 3.69. The molecule has 2 aliphatic rings. The molecule has 0 bridgehead atoms. The van der Waals surface area contributed by atoms with Crippen molar-refractivity contribution in [1.29, 1.82) is 0 Å². The number of hydrogen-bond acceptors (Lipinski definition) is 2. The highest BCUT2D eigenvalue weighted by Gasteiger charge is 2.63. The normalized spacial score (nSPS) is 50.5. The van der Waals surface area contributed by atoms with Gasteiger partial charge in [0.25, 0.3) is 0 Å². The summed E-state index contributed by atoms with van der Waals surface area (Å²) in [4.78, 5) is 10.7. The zero-order valence-electron chi connectivity index (χ0n) is 5.84. The maximum atomic E-state index is 10.7. The third kappa shape index (κ3) is 0.611. The highest BCUT2D eigenvalue weighted by Crippen LogP contribution is 2.64. The van der Waals surface area contributed by atoms with Crippen molar-refractivity contribution < 1.29 is 4.79 Å². The van der Waals surface area contributed by atoms with Crippen LogP contribution in [0.2, 0.25) is 0 Å². The highest BCUT2D eigenvalue weighted by atomic mass is 16.1. The summed E-state index contributed by atoms with van der Waals surface area (Å²) in [6.07, 6.45) is 3.03. The van der Waals surface area contributed by atoms with E-state index in [9.17, 15) is 4.79 Å².